The van der Waals surface area contributed by atoms with Crippen LogP contribution in [0.5, 0.6) is 5.75 Å². The zero-order valence-corrected chi connectivity index (χ0v) is 11.1. The molecule has 0 aliphatic heterocycles. The first-order valence-corrected chi connectivity index (χ1v) is 7.05. The number of hydrogen-bond donors (Lipinski definition) is 2. The Labute approximate surface area is 117 Å². The number of rotatable bonds is 1. The highest BCUT2D eigenvalue weighted by molar-refractivity contribution is 5.76. The Balaban J connectivity index is 1.70. The second kappa shape index (κ2) is 4.37. The van der Waals surface area contributed by atoms with E-state index in [4.69, 9.17) is 0 Å². The topological polar surface area (TPSA) is 48.9 Å². The number of nitrogens with one attached hydrogen (secondary N) is 1. The summed E-state index contributed by atoms with van der Waals surface area (Å²) in [4.78, 5) is 8.05. The first kappa shape index (κ1) is 11.5. The fourth-order valence-corrected chi connectivity index (χ4v) is 3.14. The van der Waals surface area contributed by atoms with Crippen LogP contribution in [0, 0.1) is 0 Å². The average molecular weight is 264 g/mol. The van der Waals surface area contributed by atoms with E-state index in [1.807, 2.05) is 6.07 Å². The quantitative estimate of drug-likeness (QED) is 0.706. The summed E-state index contributed by atoms with van der Waals surface area (Å²) in [5, 5.41) is 9.53. The van der Waals surface area contributed by atoms with Gasteiger partial charge in [0.2, 0.25) is 0 Å². The van der Waals surface area contributed by atoms with Crippen molar-refractivity contribution in [3.63, 3.8) is 0 Å². The molecule has 1 aromatic heterocycles. The van der Waals surface area contributed by atoms with E-state index in [0.717, 1.165) is 36.1 Å². The van der Waals surface area contributed by atoms with E-state index >= 15 is 0 Å². The molecular formula is C17H16N2O. The Morgan fingerprint density at radius 3 is 2.85 bits per heavy atom. The Hall–Kier alpha value is -2.29. The third-order valence-electron chi connectivity index (χ3n) is 4.22. The van der Waals surface area contributed by atoms with Crippen LogP contribution in [0.4, 0.5) is 0 Å². The summed E-state index contributed by atoms with van der Waals surface area (Å²) in [6, 6.07) is 14.0. The summed E-state index contributed by atoms with van der Waals surface area (Å²) in [5.74, 6) is 1.77. The van der Waals surface area contributed by atoms with Crippen molar-refractivity contribution in [1.82, 2.24) is 9.97 Å². The predicted molar refractivity (Wildman–Crippen MR) is 79.0 cm³/mol. The lowest BCUT2D eigenvalue weighted by Gasteiger charge is -2.22. The summed E-state index contributed by atoms with van der Waals surface area (Å²) in [5.41, 5.74) is 4.75. The number of H-pyrrole nitrogens is 1. The number of phenolic OH excluding ortho intramolecular Hbond substituents is 1. The van der Waals surface area contributed by atoms with Crippen molar-refractivity contribution in [3.8, 4) is 5.75 Å². The molecule has 100 valence electrons. The van der Waals surface area contributed by atoms with Gasteiger partial charge in [0.1, 0.15) is 11.6 Å². The van der Waals surface area contributed by atoms with E-state index in [1.165, 1.54) is 11.1 Å². The maximum absolute atomic E-state index is 9.53. The first-order valence-electron chi connectivity index (χ1n) is 7.05. The van der Waals surface area contributed by atoms with Crippen molar-refractivity contribution in [2.75, 3.05) is 0 Å². The Kier molecular flexibility index (Phi) is 2.52. The molecule has 4 rings (SSSR count). The van der Waals surface area contributed by atoms with Gasteiger partial charge in [-0.2, -0.15) is 0 Å². The van der Waals surface area contributed by atoms with Crippen molar-refractivity contribution in [2.45, 2.75) is 25.2 Å². The van der Waals surface area contributed by atoms with Crippen molar-refractivity contribution in [2.24, 2.45) is 0 Å². The van der Waals surface area contributed by atoms with E-state index in [0.29, 0.717) is 5.92 Å². The van der Waals surface area contributed by atoms with Gasteiger partial charge in [0.25, 0.3) is 0 Å². The van der Waals surface area contributed by atoms with Crippen LogP contribution in [0.2, 0.25) is 0 Å². The van der Waals surface area contributed by atoms with Crippen LogP contribution in [-0.2, 0) is 12.8 Å². The Bertz CT molecular complexity index is 776. The first-order chi connectivity index (χ1) is 9.79. The van der Waals surface area contributed by atoms with Crippen molar-refractivity contribution >= 4 is 11.0 Å². The van der Waals surface area contributed by atoms with E-state index in [2.05, 4.69) is 34.2 Å². The number of phenols is 1. The highest BCUT2D eigenvalue weighted by Crippen LogP contribution is 2.32. The zero-order valence-electron chi connectivity index (χ0n) is 11.1. The molecule has 3 aromatic rings. The highest BCUT2D eigenvalue weighted by atomic mass is 16.3. The molecule has 1 heterocycles. The van der Waals surface area contributed by atoms with E-state index in [9.17, 15) is 5.11 Å². The van der Waals surface area contributed by atoms with Crippen LogP contribution >= 0.6 is 0 Å². The lowest BCUT2D eigenvalue weighted by atomic mass is 9.83. The molecular weight excluding hydrogens is 248 g/mol. The number of aryl methyl sites for hydroxylation is 1. The molecule has 0 radical (unpaired) electrons. The SMILES string of the molecule is Oc1ccc2nc(C3CCc4ccccc4C3)[nH]c2c1. The summed E-state index contributed by atoms with van der Waals surface area (Å²) in [6.07, 6.45) is 3.29. The standard InChI is InChI=1S/C17H16N2O/c20-14-7-8-15-16(10-14)19-17(18-15)13-6-5-11-3-1-2-4-12(11)9-13/h1-4,7-8,10,13,20H,5-6,9H2,(H,18,19). The maximum atomic E-state index is 9.53. The maximum Gasteiger partial charge on any atom is 0.117 e. The lowest BCUT2D eigenvalue weighted by molar-refractivity contribution is 0.476. The molecule has 2 aromatic carbocycles. The molecule has 0 amide bonds. The van der Waals surface area contributed by atoms with E-state index in [1.54, 1.807) is 12.1 Å². The minimum Gasteiger partial charge on any atom is -0.508 e. The van der Waals surface area contributed by atoms with Crippen LogP contribution < -0.4 is 0 Å². The fraction of sp³-hybridized carbons (Fsp3) is 0.235. The van der Waals surface area contributed by atoms with Crippen molar-refractivity contribution in [3.05, 3.63) is 59.4 Å². The Morgan fingerprint density at radius 1 is 1.10 bits per heavy atom. The Morgan fingerprint density at radius 2 is 1.95 bits per heavy atom. The van der Waals surface area contributed by atoms with Crippen molar-refractivity contribution in [1.29, 1.82) is 0 Å². The molecule has 3 heteroatoms. The summed E-state index contributed by atoms with van der Waals surface area (Å²) >= 11 is 0. The molecule has 2 N–H and O–H groups in total. The second-order valence-electron chi connectivity index (χ2n) is 5.53. The fourth-order valence-electron chi connectivity index (χ4n) is 3.14. The number of aromatic hydroxyl groups is 1. The predicted octanol–water partition coefficient (Wildman–Crippen LogP) is 3.54. The van der Waals surface area contributed by atoms with Crippen LogP contribution in [0.25, 0.3) is 11.0 Å². The van der Waals surface area contributed by atoms with Crippen LogP contribution in [0.15, 0.2) is 42.5 Å². The van der Waals surface area contributed by atoms with Crippen LogP contribution in [0.1, 0.15) is 29.3 Å². The lowest BCUT2D eigenvalue weighted by Crippen LogP contribution is -2.13. The van der Waals surface area contributed by atoms with Gasteiger partial charge in [-0.25, -0.2) is 4.98 Å². The third-order valence-corrected chi connectivity index (χ3v) is 4.22. The average Bonchev–Trinajstić information content (AvgIpc) is 2.89. The minimum atomic E-state index is 0.279. The number of aromatic amines is 1. The summed E-state index contributed by atoms with van der Waals surface area (Å²) in [7, 11) is 0. The van der Waals surface area contributed by atoms with Gasteiger partial charge >= 0.3 is 0 Å². The molecule has 0 bridgehead atoms. The van der Waals surface area contributed by atoms with Gasteiger partial charge in [0, 0.05) is 12.0 Å². The van der Waals surface area contributed by atoms with Crippen LogP contribution in [-0.4, -0.2) is 15.1 Å². The van der Waals surface area contributed by atoms with Gasteiger partial charge in [-0.15, -0.1) is 0 Å². The monoisotopic (exact) mass is 264 g/mol. The van der Waals surface area contributed by atoms with Gasteiger partial charge in [-0.05, 0) is 42.5 Å². The smallest absolute Gasteiger partial charge is 0.117 e. The van der Waals surface area contributed by atoms with Gasteiger partial charge in [-0.1, -0.05) is 24.3 Å². The minimum absolute atomic E-state index is 0.279. The molecule has 1 unspecified atom stereocenters. The molecule has 0 fully saturated rings. The number of hydrogen-bond acceptors (Lipinski definition) is 2. The number of nitrogens with zero attached hydrogens (tertiary/aromatic N) is 1. The largest absolute Gasteiger partial charge is 0.508 e. The van der Waals surface area contributed by atoms with Gasteiger partial charge in [0.05, 0.1) is 11.0 Å². The highest BCUT2D eigenvalue weighted by Gasteiger charge is 2.22. The van der Waals surface area contributed by atoms with E-state index in [-0.39, 0.29) is 5.75 Å². The van der Waals surface area contributed by atoms with Crippen LogP contribution in [0.3, 0.4) is 0 Å². The molecule has 0 saturated heterocycles. The summed E-state index contributed by atoms with van der Waals surface area (Å²) < 4.78 is 0. The molecule has 3 nitrogen and oxygen atoms in total. The zero-order chi connectivity index (χ0) is 13.5. The third kappa shape index (κ3) is 1.86. The van der Waals surface area contributed by atoms with E-state index < -0.39 is 0 Å². The number of fused-ring (bicyclic) bond motifs is 2. The molecule has 1 aliphatic rings. The van der Waals surface area contributed by atoms with Gasteiger partial charge in [-0.3, -0.25) is 0 Å². The number of imidazole rings is 1. The normalized spacial score (nSPS) is 18.1. The van der Waals surface area contributed by atoms with Gasteiger partial charge in [0.15, 0.2) is 0 Å². The molecule has 1 aliphatic carbocycles. The number of aromatic nitrogens is 2. The molecule has 1 atom stereocenters. The summed E-state index contributed by atoms with van der Waals surface area (Å²) in [6.45, 7) is 0. The molecule has 20 heavy (non-hydrogen) atoms. The van der Waals surface area contributed by atoms with Gasteiger partial charge < -0.3 is 10.1 Å². The second-order valence-corrected chi connectivity index (χ2v) is 5.53. The number of benzene rings is 2. The molecule has 0 spiro atoms. The van der Waals surface area contributed by atoms with Crippen molar-refractivity contribution < 1.29 is 5.11 Å². The molecule has 0 saturated carbocycles.